The normalized spacial score (nSPS) is 19.7. The number of piperidine rings is 1. The van der Waals surface area contributed by atoms with E-state index in [9.17, 15) is 4.39 Å². The molecular formula is C15H24ClFN4. The smallest absolute Gasteiger partial charge is 0.169 e. The number of nitrogens with zero attached hydrogens (tertiary/aromatic N) is 1. The third kappa shape index (κ3) is 3.92. The number of halogens is 2. The van der Waals surface area contributed by atoms with Crippen molar-refractivity contribution in [1.29, 1.82) is 0 Å². The molecular weight excluding hydrogens is 291 g/mol. The van der Waals surface area contributed by atoms with Gasteiger partial charge in [0.2, 0.25) is 0 Å². The molecule has 0 radical (unpaired) electrons. The first-order chi connectivity index (χ1) is 10.0. The van der Waals surface area contributed by atoms with Crippen molar-refractivity contribution in [3.8, 4) is 0 Å². The second kappa shape index (κ2) is 7.18. The molecule has 1 aromatic carbocycles. The molecule has 118 valence electrons. The summed E-state index contributed by atoms with van der Waals surface area (Å²) in [6, 6.07) is 2.13. The van der Waals surface area contributed by atoms with Gasteiger partial charge in [-0.1, -0.05) is 18.0 Å². The van der Waals surface area contributed by atoms with Crippen molar-refractivity contribution in [1.82, 2.24) is 4.90 Å². The average molecular weight is 315 g/mol. The van der Waals surface area contributed by atoms with Crippen LogP contribution in [0.1, 0.15) is 32.6 Å². The highest BCUT2D eigenvalue weighted by Gasteiger charge is 2.18. The Morgan fingerprint density at radius 2 is 2.14 bits per heavy atom. The third-order valence-electron chi connectivity index (χ3n) is 4.13. The van der Waals surface area contributed by atoms with Gasteiger partial charge in [0.1, 0.15) is 5.02 Å². The first kappa shape index (κ1) is 16.2. The Bertz CT molecular complexity index is 495. The van der Waals surface area contributed by atoms with Gasteiger partial charge in [-0.2, -0.15) is 0 Å². The zero-order valence-corrected chi connectivity index (χ0v) is 13.2. The van der Waals surface area contributed by atoms with Crippen molar-refractivity contribution in [2.24, 2.45) is 0 Å². The van der Waals surface area contributed by atoms with Gasteiger partial charge in [-0.25, -0.2) is 4.39 Å². The first-order valence-corrected chi connectivity index (χ1v) is 7.89. The van der Waals surface area contributed by atoms with E-state index in [0.29, 0.717) is 18.3 Å². The van der Waals surface area contributed by atoms with E-state index in [1.807, 2.05) is 0 Å². The Labute approximate surface area is 130 Å². The number of nitrogen functional groups attached to an aromatic ring is 2. The van der Waals surface area contributed by atoms with Gasteiger partial charge < -0.3 is 21.7 Å². The van der Waals surface area contributed by atoms with Crippen molar-refractivity contribution in [2.75, 3.05) is 36.4 Å². The van der Waals surface area contributed by atoms with Gasteiger partial charge in [0, 0.05) is 19.1 Å². The Balaban J connectivity index is 1.85. The largest absolute Gasteiger partial charge is 0.397 e. The summed E-state index contributed by atoms with van der Waals surface area (Å²) in [5.74, 6) is -0.569. The van der Waals surface area contributed by atoms with Crippen LogP contribution in [0.4, 0.5) is 21.5 Å². The minimum absolute atomic E-state index is 0.0728. The van der Waals surface area contributed by atoms with Crippen LogP contribution < -0.4 is 16.8 Å². The topological polar surface area (TPSA) is 67.3 Å². The van der Waals surface area contributed by atoms with E-state index >= 15 is 0 Å². The number of rotatable bonds is 5. The fourth-order valence-corrected chi connectivity index (χ4v) is 2.98. The SMILES string of the molecule is CC1CCCCN1CCCNc1c(N)cc(N)c(Cl)c1F. The Kier molecular flexibility index (Phi) is 5.53. The molecule has 0 amide bonds. The molecule has 6 heteroatoms. The molecule has 1 atom stereocenters. The molecule has 2 rings (SSSR count). The summed E-state index contributed by atoms with van der Waals surface area (Å²) < 4.78 is 14.0. The zero-order valence-electron chi connectivity index (χ0n) is 12.5. The molecule has 1 saturated heterocycles. The molecule has 5 N–H and O–H groups in total. The van der Waals surface area contributed by atoms with Crippen LogP contribution in [0, 0.1) is 5.82 Å². The van der Waals surface area contributed by atoms with Crippen LogP contribution in [0.5, 0.6) is 0 Å². The van der Waals surface area contributed by atoms with Gasteiger partial charge >= 0.3 is 0 Å². The lowest BCUT2D eigenvalue weighted by Gasteiger charge is -2.33. The highest BCUT2D eigenvalue weighted by Crippen LogP contribution is 2.33. The lowest BCUT2D eigenvalue weighted by molar-refractivity contribution is 0.160. The Morgan fingerprint density at radius 1 is 1.38 bits per heavy atom. The highest BCUT2D eigenvalue weighted by atomic mass is 35.5. The van der Waals surface area contributed by atoms with Crippen molar-refractivity contribution >= 4 is 28.7 Å². The predicted octanol–water partition coefficient (Wildman–Crippen LogP) is 3.32. The van der Waals surface area contributed by atoms with Crippen LogP contribution in [0.25, 0.3) is 0 Å². The van der Waals surface area contributed by atoms with E-state index in [4.69, 9.17) is 23.1 Å². The number of hydrogen-bond acceptors (Lipinski definition) is 4. The summed E-state index contributed by atoms with van der Waals surface area (Å²) in [5.41, 5.74) is 12.1. The average Bonchev–Trinajstić information content (AvgIpc) is 2.46. The molecule has 0 saturated carbocycles. The minimum Gasteiger partial charge on any atom is -0.397 e. The lowest BCUT2D eigenvalue weighted by Crippen LogP contribution is -2.38. The van der Waals surface area contributed by atoms with Crippen LogP contribution in [0.3, 0.4) is 0 Å². The minimum atomic E-state index is -0.569. The molecule has 4 nitrogen and oxygen atoms in total. The lowest BCUT2D eigenvalue weighted by atomic mass is 10.0. The summed E-state index contributed by atoms with van der Waals surface area (Å²) in [7, 11) is 0. The molecule has 1 aromatic rings. The molecule has 0 bridgehead atoms. The summed E-state index contributed by atoms with van der Waals surface area (Å²) in [6.07, 6.45) is 4.79. The van der Waals surface area contributed by atoms with E-state index in [1.165, 1.54) is 25.3 Å². The van der Waals surface area contributed by atoms with Crippen molar-refractivity contribution in [3.05, 3.63) is 16.9 Å². The maximum Gasteiger partial charge on any atom is 0.169 e. The summed E-state index contributed by atoms with van der Waals surface area (Å²) in [6.45, 7) is 5.10. The molecule has 1 aliphatic heterocycles. The van der Waals surface area contributed by atoms with Crippen LogP contribution in [0.15, 0.2) is 6.07 Å². The molecule has 0 aromatic heterocycles. The maximum absolute atomic E-state index is 14.0. The van der Waals surface area contributed by atoms with Crippen LogP contribution >= 0.6 is 11.6 Å². The molecule has 1 aliphatic rings. The molecule has 1 unspecified atom stereocenters. The maximum atomic E-state index is 14.0. The second-order valence-electron chi connectivity index (χ2n) is 5.72. The summed E-state index contributed by atoms with van der Waals surface area (Å²) in [5, 5.41) is 2.96. The van der Waals surface area contributed by atoms with E-state index in [-0.39, 0.29) is 16.4 Å². The van der Waals surface area contributed by atoms with E-state index in [2.05, 4.69) is 17.1 Å². The summed E-state index contributed by atoms with van der Waals surface area (Å²) in [4.78, 5) is 2.49. The first-order valence-electron chi connectivity index (χ1n) is 7.51. The predicted molar refractivity (Wildman–Crippen MR) is 88.2 cm³/mol. The van der Waals surface area contributed by atoms with Gasteiger partial charge in [0.25, 0.3) is 0 Å². The van der Waals surface area contributed by atoms with Crippen LogP contribution in [-0.2, 0) is 0 Å². The second-order valence-corrected chi connectivity index (χ2v) is 6.10. The Morgan fingerprint density at radius 3 is 2.86 bits per heavy atom. The number of nitrogens with two attached hydrogens (primary N) is 2. The molecule has 0 aliphatic carbocycles. The fourth-order valence-electron chi connectivity index (χ4n) is 2.83. The molecule has 1 heterocycles. The fraction of sp³-hybridized carbons (Fsp3) is 0.600. The van der Waals surface area contributed by atoms with Crippen LogP contribution in [-0.4, -0.2) is 30.6 Å². The number of benzene rings is 1. The van der Waals surface area contributed by atoms with Gasteiger partial charge in [0.15, 0.2) is 5.82 Å². The van der Waals surface area contributed by atoms with Crippen molar-refractivity contribution in [2.45, 2.75) is 38.6 Å². The van der Waals surface area contributed by atoms with Gasteiger partial charge in [-0.05, 0) is 38.8 Å². The van der Waals surface area contributed by atoms with E-state index < -0.39 is 5.82 Å². The number of anilines is 3. The monoisotopic (exact) mass is 314 g/mol. The summed E-state index contributed by atoms with van der Waals surface area (Å²) >= 11 is 5.80. The molecule has 21 heavy (non-hydrogen) atoms. The van der Waals surface area contributed by atoms with Gasteiger partial charge in [0.05, 0.1) is 17.1 Å². The quantitative estimate of drug-likeness (QED) is 0.576. The number of hydrogen-bond donors (Lipinski definition) is 3. The highest BCUT2D eigenvalue weighted by molar-refractivity contribution is 6.33. The number of nitrogens with one attached hydrogen (secondary N) is 1. The van der Waals surface area contributed by atoms with Gasteiger partial charge in [-0.15, -0.1) is 0 Å². The van der Waals surface area contributed by atoms with E-state index in [0.717, 1.165) is 19.5 Å². The van der Waals surface area contributed by atoms with Crippen molar-refractivity contribution in [3.63, 3.8) is 0 Å². The zero-order chi connectivity index (χ0) is 15.4. The number of likely N-dealkylation sites (tertiary alicyclic amines) is 1. The van der Waals surface area contributed by atoms with E-state index in [1.54, 1.807) is 0 Å². The molecule has 0 spiro atoms. The van der Waals surface area contributed by atoms with Crippen molar-refractivity contribution < 1.29 is 4.39 Å². The van der Waals surface area contributed by atoms with Crippen LogP contribution in [0.2, 0.25) is 5.02 Å². The Hall–Kier alpha value is -1.20. The van der Waals surface area contributed by atoms with Gasteiger partial charge in [-0.3, -0.25) is 0 Å². The molecule has 1 fully saturated rings. The third-order valence-corrected chi connectivity index (χ3v) is 4.51. The standard InChI is InChI=1S/C15H24ClFN4/c1-10-5-2-3-7-21(10)8-4-6-20-15-12(19)9-11(18)13(16)14(15)17/h9-10,20H,2-8,18-19H2,1H3.